The molecular formula is C16H20O3. The largest absolute Gasteiger partial charge is 0.494 e. The van der Waals surface area contributed by atoms with Crippen LogP contribution in [-0.2, 0) is 11.2 Å². The summed E-state index contributed by atoms with van der Waals surface area (Å²) in [5.74, 6) is -0.0312. The first-order valence-corrected chi connectivity index (χ1v) is 6.45. The van der Waals surface area contributed by atoms with Crippen LogP contribution in [-0.4, -0.2) is 17.7 Å². The van der Waals surface area contributed by atoms with Gasteiger partial charge in [-0.05, 0) is 37.5 Å². The quantitative estimate of drug-likeness (QED) is 0.602. The molecule has 0 aliphatic carbocycles. The van der Waals surface area contributed by atoms with Crippen LogP contribution in [0.25, 0.3) is 0 Å². The maximum atomic E-state index is 10.8. The first-order valence-electron chi connectivity index (χ1n) is 6.45. The van der Waals surface area contributed by atoms with Crippen molar-refractivity contribution in [3.8, 4) is 5.75 Å². The van der Waals surface area contributed by atoms with E-state index in [0.29, 0.717) is 12.0 Å². The van der Waals surface area contributed by atoms with Gasteiger partial charge in [0.1, 0.15) is 5.75 Å². The van der Waals surface area contributed by atoms with E-state index in [4.69, 9.17) is 9.84 Å². The van der Waals surface area contributed by atoms with Gasteiger partial charge in [-0.3, -0.25) is 0 Å². The minimum absolute atomic E-state index is 0.308. The monoisotopic (exact) mass is 260 g/mol. The average Bonchev–Trinajstić information content (AvgIpc) is 2.42. The zero-order valence-electron chi connectivity index (χ0n) is 11.4. The number of carbonyl (C=O) groups is 1. The molecule has 0 aliphatic rings. The summed E-state index contributed by atoms with van der Waals surface area (Å²) in [6.45, 7) is 4.51. The van der Waals surface area contributed by atoms with Gasteiger partial charge in [0.2, 0.25) is 0 Å². The average molecular weight is 260 g/mol. The second-order valence-electron chi connectivity index (χ2n) is 4.15. The Kier molecular flexibility index (Phi) is 6.44. The Morgan fingerprint density at radius 1 is 1.32 bits per heavy atom. The van der Waals surface area contributed by atoms with E-state index in [-0.39, 0.29) is 0 Å². The molecule has 0 radical (unpaired) electrons. The van der Waals surface area contributed by atoms with E-state index in [1.54, 1.807) is 19.1 Å². The lowest BCUT2D eigenvalue weighted by atomic mass is 10.1. The predicted molar refractivity (Wildman–Crippen MR) is 76.5 cm³/mol. The Morgan fingerprint density at radius 2 is 2.00 bits per heavy atom. The van der Waals surface area contributed by atoms with Gasteiger partial charge in [-0.15, -0.1) is 0 Å². The molecule has 0 saturated heterocycles. The zero-order chi connectivity index (χ0) is 14.1. The third-order valence-electron chi connectivity index (χ3n) is 2.61. The second-order valence-corrected chi connectivity index (χ2v) is 4.15. The molecule has 0 aromatic heterocycles. The van der Waals surface area contributed by atoms with Crippen LogP contribution < -0.4 is 4.74 Å². The molecule has 3 nitrogen and oxygen atoms in total. The summed E-state index contributed by atoms with van der Waals surface area (Å²) in [5.41, 5.74) is 1.43. The zero-order valence-corrected chi connectivity index (χ0v) is 11.4. The number of hydrogen-bond donors (Lipinski definition) is 1. The molecule has 0 unspecified atom stereocenters. The van der Waals surface area contributed by atoms with Crippen molar-refractivity contribution in [1.29, 1.82) is 0 Å². The van der Waals surface area contributed by atoms with Crippen LogP contribution >= 0.6 is 0 Å². The van der Waals surface area contributed by atoms with Crippen molar-refractivity contribution in [2.75, 3.05) is 6.61 Å². The van der Waals surface area contributed by atoms with Gasteiger partial charge in [0.05, 0.1) is 12.2 Å². The summed E-state index contributed by atoms with van der Waals surface area (Å²) in [6.07, 6.45) is 6.76. The van der Waals surface area contributed by atoms with E-state index < -0.39 is 5.97 Å². The molecule has 1 rings (SSSR count). The smallest absolute Gasteiger partial charge is 0.335 e. The summed E-state index contributed by atoms with van der Waals surface area (Å²) in [7, 11) is 0. The lowest BCUT2D eigenvalue weighted by Crippen LogP contribution is -1.97. The SMILES string of the molecule is C/C=C(\C=C/Cc1ccc(OCCC)cc1)C(=O)O. The van der Waals surface area contributed by atoms with Crippen LogP contribution in [0.1, 0.15) is 25.8 Å². The van der Waals surface area contributed by atoms with Crippen molar-refractivity contribution in [3.63, 3.8) is 0 Å². The first-order chi connectivity index (χ1) is 9.17. The lowest BCUT2D eigenvalue weighted by molar-refractivity contribution is -0.132. The van der Waals surface area contributed by atoms with Crippen LogP contribution in [0, 0.1) is 0 Å². The van der Waals surface area contributed by atoms with Gasteiger partial charge in [0.25, 0.3) is 0 Å². The van der Waals surface area contributed by atoms with E-state index in [1.165, 1.54) is 0 Å². The molecule has 0 aliphatic heterocycles. The molecule has 102 valence electrons. The van der Waals surface area contributed by atoms with Crippen molar-refractivity contribution < 1.29 is 14.6 Å². The molecule has 0 atom stereocenters. The summed E-state index contributed by atoms with van der Waals surface area (Å²) in [5, 5.41) is 8.85. The van der Waals surface area contributed by atoms with Crippen molar-refractivity contribution in [3.05, 3.63) is 53.6 Å². The molecule has 0 bridgehead atoms. The molecule has 19 heavy (non-hydrogen) atoms. The summed E-state index contributed by atoms with van der Waals surface area (Å²) >= 11 is 0. The highest BCUT2D eigenvalue weighted by Crippen LogP contribution is 2.13. The number of rotatable bonds is 7. The molecule has 0 fully saturated rings. The van der Waals surface area contributed by atoms with Gasteiger partial charge in [-0.25, -0.2) is 4.79 Å². The van der Waals surface area contributed by atoms with Gasteiger partial charge >= 0.3 is 5.97 Å². The topological polar surface area (TPSA) is 46.5 Å². The third-order valence-corrected chi connectivity index (χ3v) is 2.61. The Labute approximate surface area is 114 Å². The Bertz CT molecular complexity index is 455. The highest BCUT2D eigenvalue weighted by molar-refractivity contribution is 5.89. The Hall–Kier alpha value is -2.03. The molecule has 3 heteroatoms. The summed E-state index contributed by atoms with van der Waals surface area (Å²) in [6, 6.07) is 7.86. The lowest BCUT2D eigenvalue weighted by Gasteiger charge is -2.04. The third kappa shape index (κ3) is 5.42. The molecule has 0 spiro atoms. The number of carboxylic acid groups (broad SMARTS) is 1. The summed E-state index contributed by atoms with van der Waals surface area (Å²) < 4.78 is 5.50. The van der Waals surface area contributed by atoms with E-state index in [0.717, 1.165) is 24.3 Å². The van der Waals surface area contributed by atoms with Crippen LogP contribution in [0.3, 0.4) is 0 Å². The van der Waals surface area contributed by atoms with E-state index in [2.05, 4.69) is 6.92 Å². The van der Waals surface area contributed by atoms with Crippen molar-refractivity contribution >= 4 is 5.97 Å². The van der Waals surface area contributed by atoms with Gasteiger partial charge < -0.3 is 9.84 Å². The van der Waals surface area contributed by atoms with E-state index in [9.17, 15) is 4.79 Å². The summed E-state index contributed by atoms with van der Waals surface area (Å²) in [4.78, 5) is 10.8. The normalized spacial score (nSPS) is 11.8. The number of carboxylic acids is 1. The number of hydrogen-bond acceptors (Lipinski definition) is 2. The predicted octanol–water partition coefficient (Wildman–Crippen LogP) is 3.61. The minimum atomic E-state index is -0.901. The maximum absolute atomic E-state index is 10.8. The first kappa shape index (κ1) is 15.0. The van der Waals surface area contributed by atoms with Crippen LogP contribution in [0.5, 0.6) is 5.75 Å². The number of aliphatic carboxylic acids is 1. The van der Waals surface area contributed by atoms with Crippen LogP contribution in [0.15, 0.2) is 48.1 Å². The standard InChI is InChI=1S/C16H20O3/c1-3-12-19-15-10-8-13(9-11-15)6-5-7-14(4-2)16(17)18/h4-5,7-11H,3,6,12H2,1-2H3,(H,17,18)/b7-5-,14-4+. The van der Waals surface area contributed by atoms with Gasteiger partial charge in [0.15, 0.2) is 0 Å². The molecule has 0 saturated carbocycles. The van der Waals surface area contributed by atoms with Crippen molar-refractivity contribution in [2.24, 2.45) is 0 Å². The molecule has 1 aromatic rings. The fourth-order valence-corrected chi connectivity index (χ4v) is 1.55. The van der Waals surface area contributed by atoms with Crippen molar-refractivity contribution in [1.82, 2.24) is 0 Å². The molecule has 1 N–H and O–H groups in total. The minimum Gasteiger partial charge on any atom is -0.494 e. The van der Waals surface area contributed by atoms with Gasteiger partial charge in [0, 0.05) is 0 Å². The molecule has 0 amide bonds. The van der Waals surface area contributed by atoms with E-state index in [1.807, 2.05) is 30.3 Å². The maximum Gasteiger partial charge on any atom is 0.335 e. The molecular weight excluding hydrogens is 240 g/mol. The van der Waals surface area contributed by atoms with Gasteiger partial charge in [-0.1, -0.05) is 37.3 Å². The number of ether oxygens (including phenoxy) is 1. The second kappa shape index (κ2) is 8.14. The van der Waals surface area contributed by atoms with E-state index >= 15 is 0 Å². The number of benzene rings is 1. The Morgan fingerprint density at radius 3 is 2.53 bits per heavy atom. The highest BCUT2D eigenvalue weighted by Gasteiger charge is 2.00. The number of allylic oxidation sites excluding steroid dienone is 2. The van der Waals surface area contributed by atoms with Gasteiger partial charge in [-0.2, -0.15) is 0 Å². The Balaban J connectivity index is 2.54. The van der Waals surface area contributed by atoms with Crippen LogP contribution in [0.2, 0.25) is 0 Å². The van der Waals surface area contributed by atoms with Crippen molar-refractivity contribution in [2.45, 2.75) is 26.7 Å². The fraction of sp³-hybridized carbons (Fsp3) is 0.312. The van der Waals surface area contributed by atoms with Crippen LogP contribution in [0.4, 0.5) is 0 Å². The molecule has 1 aromatic carbocycles. The molecule has 0 heterocycles. The highest BCUT2D eigenvalue weighted by atomic mass is 16.5. The fourth-order valence-electron chi connectivity index (χ4n) is 1.55.